The van der Waals surface area contributed by atoms with E-state index in [0.717, 1.165) is 5.69 Å². The molecule has 0 spiro atoms. The molecule has 1 aliphatic heterocycles. The molecule has 2 amide bonds. The Hall–Kier alpha value is -1.69. The number of carbonyl (C=O) groups is 2. The minimum Gasteiger partial charge on any atom is -0.379 e. The number of thioether (sulfide) groups is 1. The van der Waals surface area contributed by atoms with Crippen LogP contribution in [-0.4, -0.2) is 47.4 Å². The van der Waals surface area contributed by atoms with E-state index in [0.29, 0.717) is 24.9 Å². The van der Waals surface area contributed by atoms with Crippen molar-refractivity contribution in [2.24, 2.45) is 5.73 Å². The highest BCUT2D eigenvalue weighted by Gasteiger charge is 2.30. The Bertz CT molecular complexity index is 446. The van der Waals surface area contributed by atoms with E-state index in [4.69, 9.17) is 5.73 Å². The van der Waals surface area contributed by atoms with Gasteiger partial charge in [0.05, 0.1) is 17.5 Å². The van der Waals surface area contributed by atoms with Crippen LogP contribution in [0, 0.1) is 0 Å². The number of hydrogen-bond donors (Lipinski definition) is 2. The Morgan fingerprint density at radius 1 is 1.26 bits per heavy atom. The van der Waals surface area contributed by atoms with Crippen molar-refractivity contribution in [1.29, 1.82) is 0 Å². The van der Waals surface area contributed by atoms with Crippen LogP contribution in [0.15, 0.2) is 30.3 Å². The fraction of sp³-hybridized carbons (Fsp3) is 0.385. The summed E-state index contributed by atoms with van der Waals surface area (Å²) in [7, 11) is 0. The molecule has 0 atom stereocenters. The predicted octanol–water partition coefficient (Wildman–Crippen LogP) is 0.528. The fourth-order valence-electron chi connectivity index (χ4n) is 1.87. The van der Waals surface area contributed by atoms with E-state index in [1.54, 1.807) is 4.90 Å². The number of rotatable bonds is 6. The molecular formula is C13H17N3O2S. The van der Waals surface area contributed by atoms with Gasteiger partial charge in [-0.3, -0.25) is 9.59 Å². The number of primary amides is 1. The van der Waals surface area contributed by atoms with Crippen molar-refractivity contribution < 1.29 is 9.59 Å². The second-order valence-electron chi connectivity index (χ2n) is 4.47. The molecule has 6 heteroatoms. The number of hydrogen-bond acceptors (Lipinski definition) is 4. The van der Waals surface area contributed by atoms with E-state index in [9.17, 15) is 9.59 Å². The molecule has 3 N–H and O–H groups in total. The molecule has 1 aliphatic rings. The maximum absolute atomic E-state index is 11.7. The highest BCUT2D eigenvalue weighted by molar-refractivity contribution is 8.00. The highest BCUT2D eigenvalue weighted by Crippen LogP contribution is 2.16. The number of para-hydroxylation sites is 1. The summed E-state index contributed by atoms with van der Waals surface area (Å²) in [6.07, 6.45) is 0. The van der Waals surface area contributed by atoms with Crippen molar-refractivity contribution in [2.45, 2.75) is 6.04 Å². The average molecular weight is 279 g/mol. The Kier molecular flexibility index (Phi) is 4.68. The third-order valence-corrected chi connectivity index (χ3v) is 3.79. The van der Waals surface area contributed by atoms with Gasteiger partial charge in [-0.2, -0.15) is 0 Å². The van der Waals surface area contributed by atoms with Gasteiger partial charge in [-0.05, 0) is 12.1 Å². The second-order valence-corrected chi connectivity index (χ2v) is 5.45. The molecule has 0 bridgehead atoms. The molecular weight excluding hydrogens is 262 g/mol. The molecule has 102 valence electrons. The van der Waals surface area contributed by atoms with E-state index in [1.807, 2.05) is 30.3 Å². The van der Waals surface area contributed by atoms with E-state index in [1.165, 1.54) is 11.8 Å². The van der Waals surface area contributed by atoms with Crippen LogP contribution in [0.1, 0.15) is 0 Å². The maximum atomic E-state index is 11.7. The number of nitrogens with zero attached hydrogens (tertiary/aromatic N) is 1. The maximum Gasteiger partial charge on any atom is 0.232 e. The summed E-state index contributed by atoms with van der Waals surface area (Å²) in [4.78, 5) is 24.1. The summed E-state index contributed by atoms with van der Waals surface area (Å²) < 4.78 is 0. The first-order valence-electron chi connectivity index (χ1n) is 6.10. The molecule has 0 saturated carbocycles. The van der Waals surface area contributed by atoms with Crippen LogP contribution in [0.3, 0.4) is 0 Å². The molecule has 1 fully saturated rings. The van der Waals surface area contributed by atoms with Gasteiger partial charge in [0.25, 0.3) is 0 Å². The van der Waals surface area contributed by atoms with E-state index < -0.39 is 0 Å². The summed E-state index contributed by atoms with van der Waals surface area (Å²) in [5, 5.41) is 3.36. The second kappa shape index (κ2) is 6.47. The van der Waals surface area contributed by atoms with Crippen LogP contribution in [0.25, 0.3) is 0 Å². The number of carbonyl (C=O) groups excluding carboxylic acids is 2. The molecule has 19 heavy (non-hydrogen) atoms. The summed E-state index contributed by atoms with van der Waals surface area (Å²) in [5.41, 5.74) is 6.09. The third kappa shape index (κ3) is 4.17. The van der Waals surface area contributed by atoms with Crippen LogP contribution < -0.4 is 11.1 Å². The lowest BCUT2D eigenvalue weighted by molar-refractivity contribution is -0.132. The molecule has 5 nitrogen and oxygen atoms in total. The van der Waals surface area contributed by atoms with Crippen molar-refractivity contribution in [3.05, 3.63) is 30.3 Å². The molecule has 1 aromatic carbocycles. The van der Waals surface area contributed by atoms with Crippen LogP contribution in [-0.2, 0) is 9.59 Å². The molecule has 0 unspecified atom stereocenters. The molecule has 1 saturated heterocycles. The van der Waals surface area contributed by atoms with Gasteiger partial charge in [0.15, 0.2) is 0 Å². The first-order chi connectivity index (χ1) is 9.15. The number of likely N-dealkylation sites (tertiary alicyclic amines) is 1. The summed E-state index contributed by atoms with van der Waals surface area (Å²) in [6.45, 7) is 1.43. The van der Waals surface area contributed by atoms with Gasteiger partial charge in [0.1, 0.15) is 0 Å². The predicted molar refractivity (Wildman–Crippen MR) is 77.0 cm³/mol. The molecule has 1 heterocycles. The van der Waals surface area contributed by atoms with E-state index >= 15 is 0 Å². The normalized spacial score (nSPS) is 14.8. The van der Waals surface area contributed by atoms with Crippen molar-refractivity contribution >= 4 is 29.3 Å². The van der Waals surface area contributed by atoms with Crippen LogP contribution >= 0.6 is 11.8 Å². The van der Waals surface area contributed by atoms with Gasteiger partial charge in [-0.15, -0.1) is 11.8 Å². The van der Waals surface area contributed by atoms with Gasteiger partial charge < -0.3 is 16.0 Å². The van der Waals surface area contributed by atoms with Crippen molar-refractivity contribution in [3.8, 4) is 0 Å². The standard InChI is InChI=1S/C13H17N3O2S/c14-12(17)8-19-9-13(18)16-6-11(7-16)15-10-4-2-1-3-5-10/h1-5,11,15H,6-9H2,(H2,14,17). The lowest BCUT2D eigenvalue weighted by Gasteiger charge is -2.40. The Morgan fingerprint density at radius 2 is 1.95 bits per heavy atom. The number of benzene rings is 1. The number of anilines is 1. The molecule has 1 aromatic rings. The summed E-state index contributed by atoms with van der Waals surface area (Å²) in [5.74, 6) is 0.203. The monoisotopic (exact) mass is 279 g/mol. The van der Waals surface area contributed by atoms with Gasteiger partial charge >= 0.3 is 0 Å². The number of nitrogens with one attached hydrogen (secondary N) is 1. The van der Waals surface area contributed by atoms with Gasteiger partial charge in [0, 0.05) is 18.8 Å². The van der Waals surface area contributed by atoms with E-state index in [-0.39, 0.29) is 17.6 Å². The van der Waals surface area contributed by atoms with Gasteiger partial charge in [-0.25, -0.2) is 0 Å². The topological polar surface area (TPSA) is 75.4 Å². The minimum absolute atomic E-state index is 0.0670. The summed E-state index contributed by atoms with van der Waals surface area (Å²) in [6, 6.07) is 10.2. The molecule has 0 aliphatic carbocycles. The van der Waals surface area contributed by atoms with Gasteiger partial charge in [0.2, 0.25) is 11.8 Å². The number of nitrogens with two attached hydrogens (primary N) is 1. The largest absolute Gasteiger partial charge is 0.379 e. The van der Waals surface area contributed by atoms with Crippen molar-refractivity contribution in [3.63, 3.8) is 0 Å². The zero-order chi connectivity index (χ0) is 13.7. The SMILES string of the molecule is NC(=O)CSCC(=O)N1CC(Nc2ccccc2)C1. The van der Waals surface area contributed by atoms with Crippen LogP contribution in [0.5, 0.6) is 0 Å². The fourth-order valence-corrected chi connectivity index (χ4v) is 2.53. The Morgan fingerprint density at radius 3 is 2.58 bits per heavy atom. The zero-order valence-corrected chi connectivity index (χ0v) is 11.4. The lowest BCUT2D eigenvalue weighted by atomic mass is 10.1. The van der Waals surface area contributed by atoms with E-state index in [2.05, 4.69) is 5.32 Å². The Labute approximate surface area is 116 Å². The average Bonchev–Trinajstić information content (AvgIpc) is 2.34. The highest BCUT2D eigenvalue weighted by atomic mass is 32.2. The van der Waals surface area contributed by atoms with Crippen LogP contribution in [0.2, 0.25) is 0 Å². The van der Waals surface area contributed by atoms with Gasteiger partial charge in [-0.1, -0.05) is 18.2 Å². The van der Waals surface area contributed by atoms with Crippen molar-refractivity contribution in [2.75, 3.05) is 29.9 Å². The first kappa shape index (κ1) is 13.7. The molecule has 0 aromatic heterocycles. The van der Waals surface area contributed by atoms with Crippen LogP contribution in [0.4, 0.5) is 5.69 Å². The molecule has 0 radical (unpaired) electrons. The first-order valence-corrected chi connectivity index (χ1v) is 7.26. The minimum atomic E-state index is -0.384. The van der Waals surface area contributed by atoms with Crippen molar-refractivity contribution in [1.82, 2.24) is 4.90 Å². The summed E-state index contributed by atoms with van der Waals surface area (Å²) >= 11 is 1.27. The lowest BCUT2D eigenvalue weighted by Crippen LogP contribution is -2.57. The Balaban J connectivity index is 1.65. The quantitative estimate of drug-likeness (QED) is 0.796. The number of amides is 2. The smallest absolute Gasteiger partial charge is 0.232 e. The third-order valence-electron chi connectivity index (χ3n) is 2.85. The molecule has 2 rings (SSSR count). The zero-order valence-electron chi connectivity index (χ0n) is 10.5.